The van der Waals surface area contributed by atoms with Gasteiger partial charge in [0, 0.05) is 33.5 Å². The Bertz CT molecular complexity index is 1180. The van der Waals surface area contributed by atoms with Gasteiger partial charge in [0.25, 0.3) is 5.91 Å². The van der Waals surface area contributed by atoms with Crippen molar-refractivity contribution in [1.82, 2.24) is 5.32 Å². The number of aliphatic imine (C=N–C) groups is 1. The van der Waals surface area contributed by atoms with Gasteiger partial charge in [-0.25, -0.2) is 4.79 Å². The molecule has 1 aliphatic heterocycles. The molecule has 8 nitrogen and oxygen atoms in total. The minimum Gasteiger partial charge on any atom is -0.370 e. The van der Waals surface area contributed by atoms with E-state index in [2.05, 4.69) is 20.9 Å². The van der Waals surface area contributed by atoms with Crippen molar-refractivity contribution in [2.75, 3.05) is 28.6 Å². The van der Waals surface area contributed by atoms with Crippen LogP contribution in [0.4, 0.5) is 21.9 Å². The number of urea groups is 1. The molecule has 5 N–H and O–H groups in total. The topological polar surface area (TPSA) is 112 Å². The third kappa shape index (κ3) is 5.44. The first-order valence-electron chi connectivity index (χ1n) is 10.3. The maximum atomic E-state index is 13.1. The molecule has 0 radical (unpaired) electrons. The first-order chi connectivity index (χ1) is 15.9. The van der Waals surface area contributed by atoms with Gasteiger partial charge in [0.1, 0.15) is 6.04 Å². The van der Waals surface area contributed by atoms with Gasteiger partial charge < -0.3 is 26.6 Å². The lowest BCUT2D eigenvalue weighted by atomic mass is 10.1. The van der Waals surface area contributed by atoms with Gasteiger partial charge >= 0.3 is 6.03 Å². The zero-order valence-corrected chi connectivity index (χ0v) is 19.4. The summed E-state index contributed by atoms with van der Waals surface area (Å²) in [5, 5.41) is 10.8. The van der Waals surface area contributed by atoms with Crippen LogP contribution in [0.3, 0.4) is 0 Å². The summed E-state index contributed by atoms with van der Waals surface area (Å²) in [6.45, 7) is 3.34. The molecule has 1 atom stereocenters. The van der Waals surface area contributed by atoms with Crippen LogP contribution in [0.15, 0.2) is 65.0 Å². The van der Waals surface area contributed by atoms with Gasteiger partial charge in [-0.3, -0.25) is 9.79 Å². The predicted octanol–water partition coefficient (Wildman–Crippen LogP) is 4.35. The van der Waals surface area contributed by atoms with Crippen molar-refractivity contribution in [3.8, 4) is 0 Å². The minimum atomic E-state index is -0.862. The number of hydrogen-bond donors (Lipinski definition) is 4. The van der Waals surface area contributed by atoms with Crippen LogP contribution in [0.25, 0.3) is 0 Å². The highest BCUT2D eigenvalue weighted by molar-refractivity contribution is 7.10. The third-order valence-corrected chi connectivity index (χ3v) is 6.29. The molecule has 170 valence electrons. The van der Waals surface area contributed by atoms with E-state index in [4.69, 9.17) is 17.3 Å². The Balaban J connectivity index is 1.47. The quantitative estimate of drug-likeness (QED) is 0.418. The molecule has 0 bridgehead atoms. The summed E-state index contributed by atoms with van der Waals surface area (Å²) in [6.07, 6.45) is 0. The SMILES string of the molecule is Cc1cc(NC(=O)[C@@H](NC(=O)Nc2ccc(Cl)cc2)c2cccs2)ccc1N1CCN=C1N. The first kappa shape index (κ1) is 22.6. The van der Waals surface area contributed by atoms with Gasteiger partial charge in [-0.15, -0.1) is 11.3 Å². The fourth-order valence-electron chi connectivity index (χ4n) is 3.51. The Morgan fingerprint density at radius 1 is 1.12 bits per heavy atom. The molecule has 4 rings (SSSR count). The number of carbonyl (C=O) groups is 2. The monoisotopic (exact) mass is 482 g/mol. The van der Waals surface area contributed by atoms with Gasteiger partial charge in [0.15, 0.2) is 5.96 Å². The van der Waals surface area contributed by atoms with Crippen molar-refractivity contribution in [3.05, 3.63) is 75.4 Å². The van der Waals surface area contributed by atoms with Crippen LogP contribution in [-0.2, 0) is 4.79 Å². The summed E-state index contributed by atoms with van der Waals surface area (Å²) in [7, 11) is 0. The summed E-state index contributed by atoms with van der Waals surface area (Å²) in [6, 6.07) is 14.6. The van der Waals surface area contributed by atoms with Crippen molar-refractivity contribution >= 4 is 57.9 Å². The minimum absolute atomic E-state index is 0.349. The van der Waals surface area contributed by atoms with E-state index in [1.807, 2.05) is 41.5 Å². The number of rotatable bonds is 6. The average Bonchev–Trinajstić information content (AvgIpc) is 3.46. The molecular weight excluding hydrogens is 460 g/mol. The van der Waals surface area contributed by atoms with Crippen LogP contribution >= 0.6 is 22.9 Å². The number of aryl methyl sites for hydroxylation is 1. The van der Waals surface area contributed by atoms with E-state index in [9.17, 15) is 9.59 Å². The maximum Gasteiger partial charge on any atom is 0.320 e. The fraction of sp³-hybridized carbons (Fsp3) is 0.174. The Kier molecular flexibility index (Phi) is 6.81. The molecule has 2 aromatic carbocycles. The van der Waals surface area contributed by atoms with Gasteiger partial charge in [-0.2, -0.15) is 0 Å². The normalized spacial score (nSPS) is 13.9. The van der Waals surface area contributed by atoms with E-state index in [0.29, 0.717) is 33.8 Å². The van der Waals surface area contributed by atoms with Crippen molar-refractivity contribution < 1.29 is 9.59 Å². The second kappa shape index (κ2) is 9.93. The van der Waals surface area contributed by atoms with E-state index in [0.717, 1.165) is 17.8 Å². The van der Waals surface area contributed by atoms with Gasteiger partial charge in [0.05, 0.1) is 6.54 Å². The second-order valence-electron chi connectivity index (χ2n) is 7.44. The molecule has 3 aromatic rings. The summed E-state index contributed by atoms with van der Waals surface area (Å²) in [5.41, 5.74) is 9.05. The number of carbonyl (C=O) groups excluding carboxylic acids is 2. The maximum absolute atomic E-state index is 13.1. The van der Waals surface area contributed by atoms with Crippen LogP contribution in [-0.4, -0.2) is 31.0 Å². The Morgan fingerprint density at radius 3 is 2.52 bits per heavy atom. The Hall–Kier alpha value is -3.56. The van der Waals surface area contributed by atoms with Crippen LogP contribution in [0.2, 0.25) is 5.02 Å². The lowest BCUT2D eigenvalue weighted by Crippen LogP contribution is -2.39. The number of nitrogens with zero attached hydrogens (tertiary/aromatic N) is 2. The van der Waals surface area contributed by atoms with Crippen LogP contribution in [0.1, 0.15) is 16.5 Å². The van der Waals surface area contributed by atoms with Crippen molar-refractivity contribution in [2.45, 2.75) is 13.0 Å². The van der Waals surface area contributed by atoms with E-state index in [-0.39, 0.29) is 5.91 Å². The average molecular weight is 483 g/mol. The molecule has 0 fully saturated rings. The molecule has 2 heterocycles. The highest BCUT2D eigenvalue weighted by atomic mass is 35.5. The molecule has 33 heavy (non-hydrogen) atoms. The molecule has 0 spiro atoms. The van der Waals surface area contributed by atoms with E-state index in [1.165, 1.54) is 11.3 Å². The van der Waals surface area contributed by atoms with Crippen LogP contribution in [0.5, 0.6) is 0 Å². The molecule has 0 saturated heterocycles. The zero-order chi connectivity index (χ0) is 23.4. The van der Waals surface area contributed by atoms with E-state index in [1.54, 1.807) is 30.3 Å². The number of anilines is 3. The smallest absolute Gasteiger partial charge is 0.320 e. The molecule has 1 aliphatic rings. The highest BCUT2D eigenvalue weighted by Crippen LogP contribution is 2.26. The molecule has 1 aromatic heterocycles. The van der Waals surface area contributed by atoms with E-state index < -0.39 is 12.1 Å². The van der Waals surface area contributed by atoms with Crippen molar-refractivity contribution in [2.24, 2.45) is 10.7 Å². The summed E-state index contributed by atoms with van der Waals surface area (Å²) in [4.78, 5) is 32.6. The molecule has 3 amide bonds. The predicted molar refractivity (Wildman–Crippen MR) is 134 cm³/mol. The second-order valence-corrected chi connectivity index (χ2v) is 8.85. The lowest BCUT2D eigenvalue weighted by molar-refractivity contribution is -0.118. The number of nitrogens with one attached hydrogen (secondary N) is 3. The number of guanidine groups is 1. The summed E-state index contributed by atoms with van der Waals surface area (Å²) >= 11 is 7.28. The number of benzene rings is 2. The largest absolute Gasteiger partial charge is 0.370 e. The zero-order valence-electron chi connectivity index (χ0n) is 17.8. The molecule has 0 aliphatic carbocycles. The highest BCUT2D eigenvalue weighted by Gasteiger charge is 2.25. The Labute approximate surface area is 200 Å². The lowest BCUT2D eigenvalue weighted by Gasteiger charge is -2.21. The first-order valence-corrected chi connectivity index (χ1v) is 11.5. The summed E-state index contributed by atoms with van der Waals surface area (Å²) < 4.78 is 0. The number of amides is 3. The number of thiophene rings is 1. The summed E-state index contributed by atoms with van der Waals surface area (Å²) in [5.74, 6) is 0.140. The van der Waals surface area contributed by atoms with Crippen LogP contribution in [0, 0.1) is 6.92 Å². The molecule has 0 unspecified atom stereocenters. The third-order valence-electron chi connectivity index (χ3n) is 5.10. The fourth-order valence-corrected chi connectivity index (χ4v) is 4.41. The number of nitrogens with two attached hydrogens (primary N) is 1. The van der Waals surface area contributed by atoms with Crippen molar-refractivity contribution in [3.63, 3.8) is 0 Å². The van der Waals surface area contributed by atoms with Crippen molar-refractivity contribution in [1.29, 1.82) is 0 Å². The molecule has 10 heteroatoms. The van der Waals surface area contributed by atoms with E-state index >= 15 is 0 Å². The molecular formula is C23H23ClN6O2S. The standard InChI is InChI=1S/C23H23ClN6O2S/c1-14-13-17(8-9-18(14)30-11-10-26-22(30)25)27-21(31)20(19-3-2-12-33-19)29-23(32)28-16-6-4-15(24)5-7-16/h2-9,12-13,20H,10-11H2,1H3,(H2,25,26)(H,27,31)(H2,28,29,32)/t20-/m0/s1. The molecule has 0 saturated carbocycles. The van der Waals surface area contributed by atoms with Gasteiger partial charge in [-0.05, 0) is 66.4 Å². The van der Waals surface area contributed by atoms with Gasteiger partial charge in [0.2, 0.25) is 0 Å². The Morgan fingerprint density at radius 2 is 1.88 bits per heavy atom. The van der Waals surface area contributed by atoms with Crippen LogP contribution < -0.4 is 26.6 Å². The number of halogens is 1. The van der Waals surface area contributed by atoms with Gasteiger partial charge in [-0.1, -0.05) is 17.7 Å². The number of hydrogen-bond acceptors (Lipinski definition) is 6.